The molecule has 1 heterocycles. The number of carbonyl (C=O) groups excluding carboxylic acids is 1. The molecule has 0 amide bonds. The number of benzene rings is 1. The number of hydrogen-bond acceptors (Lipinski definition) is 3. The van der Waals surface area contributed by atoms with Crippen LogP contribution in [-0.2, 0) is 4.79 Å². The van der Waals surface area contributed by atoms with E-state index in [1.54, 1.807) is 31.2 Å². The fourth-order valence-electron chi connectivity index (χ4n) is 2.64. The molecule has 1 N–H and O–H groups in total. The highest BCUT2D eigenvalue weighted by atomic mass is 16.4. The van der Waals surface area contributed by atoms with Crippen LogP contribution in [0.15, 0.2) is 30.3 Å². The van der Waals surface area contributed by atoms with Crippen LogP contribution in [0.25, 0.3) is 0 Å². The van der Waals surface area contributed by atoms with Crippen LogP contribution in [-0.4, -0.2) is 40.9 Å². The normalized spacial score (nSPS) is 19.0. The predicted octanol–water partition coefficient (Wildman–Crippen LogP) is 2.05. The second kappa shape index (κ2) is 5.97. The number of aliphatic carboxylic acids is 1. The maximum atomic E-state index is 12.6. The van der Waals surface area contributed by atoms with E-state index < -0.39 is 17.9 Å². The highest BCUT2D eigenvalue weighted by Gasteiger charge is 2.36. The molecule has 102 valence electrons. The van der Waals surface area contributed by atoms with Crippen LogP contribution in [0.5, 0.6) is 0 Å². The summed E-state index contributed by atoms with van der Waals surface area (Å²) in [5.41, 5.74) is 0.590. The summed E-state index contributed by atoms with van der Waals surface area (Å²) in [6, 6.07) is 8.41. The standard InChI is InChI=1S/C15H19NO3/c1-11(15(18)19)13(16-9-5-6-10-16)14(17)12-7-3-2-4-8-12/h2-4,7-8,11,13H,5-6,9-10H2,1H3,(H,18,19). The summed E-state index contributed by atoms with van der Waals surface area (Å²) in [5.74, 6) is -1.69. The first-order chi connectivity index (χ1) is 9.11. The van der Waals surface area contributed by atoms with Crippen molar-refractivity contribution >= 4 is 11.8 Å². The second-order valence-corrected chi connectivity index (χ2v) is 5.05. The number of carbonyl (C=O) groups is 2. The molecule has 2 atom stereocenters. The van der Waals surface area contributed by atoms with Gasteiger partial charge in [-0.2, -0.15) is 0 Å². The SMILES string of the molecule is CC(C(=O)O)C(C(=O)c1ccccc1)N1CCCC1. The first kappa shape index (κ1) is 13.7. The molecule has 0 spiro atoms. The van der Waals surface area contributed by atoms with Crippen molar-refractivity contribution < 1.29 is 14.7 Å². The molecule has 0 aromatic heterocycles. The molecule has 1 aromatic carbocycles. The third-order valence-corrected chi connectivity index (χ3v) is 3.72. The Morgan fingerprint density at radius 1 is 1.16 bits per heavy atom. The third-order valence-electron chi connectivity index (χ3n) is 3.72. The largest absolute Gasteiger partial charge is 0.481 e. The molecule has 1 saturated heterocycles. The van der Waals surface area contributed by atoms with Gasteiger partial charge in [0.2, 0.25) is 0 Å². The van der Waals surface area contributed by atoms with Gasteiger partial charge in [0.05, 0.1) is 12.0 Å². The zero-order valence-corrected chi connectivity index (χ0v) is 11.1. The van der Waals surface area contributed by atoms with E-state index >= 15 is 0 Å². The van der Waals surface area contributed by atoms with Crippen molar-refractivity contribution in [2.75, 3.05) is 13.1 Å². The van der Waals surface area contributed by atoms with E-state index in [4.69, 9.17) is 0 Å². The Morgan fingerprint density at radius 3 is 2.26 bits per heavy atom. The molecule has 1 aliphatic rings. The first-order valence-electron chi connectivity index (χ1n) is 6.67. The van der Waals surface area contributed by atoms with Crippen LogP contribution < -0.4 is 0 Å². The van der Waals surface area contributed by atoms with E-state index in [1.807, 2.05) is 11.0 Å². The van der Waals surface area contributed by atoms with Gasteiger partial charge in [-0.05, 0) is 32.9 Å². The molecule has 2 rings (SSSR count). The van der Waals surface area contributed by atoms with E-state index in [2.05, 4.69) is 0 Å². The molecule has 1 aromatic rings. The van der Waals surface area contributed by atoms with Gasteiger partial charge in [0.1, 0.15) is 0 Å². The Kier molecular flexibility index (Phi) is 4.32. The number of likely N-dealkylation sites (tertiary alicyclic amines) is 1. The lowest BCUT2D eigenvalue weighted by atomic mass is 9.92. The van der Waals surface area contributed by atoms with Crippen LogP contribution in [0, 0.1) is 5.92 Å². The Bertz CT molecular complexity index is 452. The monoisotopic (exact) mass is 261 g/mol. The molecule has 0 aliphatic carbocycles. The summed E-state index contributed by atoms with van der Waals surface area (Å²) in [4.78, 5) is 25.8. The van der Waals surface area contributed by atoms with Crippen molar-refractivity contribution in [3.8, 4) is 0 Å². The van der Waals surface area contributed by atoms with E-state index in [0.717, 1.165) is 25.9 Å². The Labute approximate surface area is 113 Å². The topological polar surface area (TPSA) is 57.6 Å². The van der Waals surface area contributed by atoms with Gasteiger partial charge in [-0.1, -0.05) is 30.3 Å². The number of ketones is 1. The van der Waals surface area contributed by atoms with Crippen molar-refractivity contribution in [1.82, 2.24) is 4.90 Å². The number of Topliss-reactive ketones (excluding diaryl/α,β-unsaturated/α-hetero) is 1. The minimum atomic E-state index is -0.916. The van der Waals surface area contributed by atoms with E-state index in [0.29, 0.717) is 5.56 Å². The van der Waals surface area contributed by atoms with Crippen LogP contribution in [0.4, 0.5) is 0 Å². The summed E-state index contributed by atoms with van der Waals surface area (Å²) in [6.45, 7) is 3.23. The van der Waals surface area contributed by atoms with Gasteiger partial charge < -0.3 is 5.11 Å². The second-order valence-electron chi connectivity index (χ2n) is 5.05. The number of nitrogens with zero attached hydrogens (tertiary/aromatic N) is 1. The maximum Gasteiger partial charge on any atom is 0.308 e. The summed E-state index contributed by atoms with van der Waals surface area (Å²) in [6.07, 6.45) is 2.07. The molecule has 1 aliphatic heterocycles. The average Bonchev–Trinajstić information content (AvgIpc) is 2.93. The molecule has 0 radical (unpaired) electrons. The van der Waals surface area contributed by atoms with Gasteiger partial charge in [-0.15, -0.1) is 0 Å². The highest BCUT2D eigenvalue weighted by Crippen LogP contribution is 2.22. The zero-order valence-electron chi connectivity index (χ0n) is 11.1. The predicted molar refractivity (Wildman–Crippen MR) is 72.2 cm³/mol. The summed E-state index contributed by atoms with van der Waals surface area (Å²) < 4.78 is 0. The highest BCUT2D eigenvalue weighted by molar-refractivity contribution is 6.02. The van der Waals surface area contributed by atoms with Gasteiger partial charge in [-0.25, -0.2) is 0 Å². The summed E-state index contributed by atoms with van der Waals surface area (Å²) in [7, 11) is 0. The van der Waals surface area contributed by atoms with E-state index in [-0.39, 0.29) is 5.78 Å². The number of carboxylic acids is 1. The van der Waals surface area contributed by atoms with E-state index in [9.17, 15) is 14.7 Å². The lowest BCUT2D eigenvalue weighted by Crippen LogP contribution is -2.46. The van der Waals surface area contributed by atoms with Gasteiger partial charge in [0, 0.05) is 5.56 Å². The van der Waals surface area contributed by atoms with Gasteiger partial charge in [0.25, 0.3) is 0 Å². The smallest absolute Gasteiger partial charge is 0.308 e. The fourth-order valence-corrected chi connectivity index (χ4v) is 2.64. The minimum Gasteiger partial charge on any atom is -0.481 e. The summed E-state index contributed by atoms with van der Waals surface area (Å²) in [5, 5.41) is 9.23. The molecule has 2 unspecified atom stereocenters. The van der Waals surface area contributed by atoms with Crippen LogP contribution in [0.1, 0.15) is 30.1 Å². The lowest BCUT2D eigenvalue weighted by Gasteiger charge is -2.29. The zero-order chi connectivity index (χ0) is 13.8. The molecule has 1 fully saturated rings. The molecule has 4 nitrogen and oxygen atoms in total. The van der Waals surface area contributed by atoms with Gasteiger partial charge >= 0.3 is 5.97 Å². The minimum absolute atomic E-state index is 0.0857. The van der Waals surface area contributed by atoms with Crippen LogP contribution in [0.3, 0.4) is 0 Å². The number of carboxylic acid groups (broad SMARTS) is 1. The van der Waals surface area contributed by atoms with E-state index in [1.165, 1.54) is 0 Å². The Morgan fingerprint density at radius 2 is 1.74 bits per heavy atom. The fraction of sp³-hybridized carbons (Fsp3) is 0.467. The first-order valence-corrected chi connectivity index (χ1v) is 6.67. The van der Waals surface area contributed by atoms with Crippen molar-refractivity contribution in [2.45, 2.75) is 25.8 Å². The lowest BCUT2D eigenvalue weighted by molar-refractivity contribution is -0.142. The van der Waals surface area contributed by atoms with Crippen molar-refractivity contribution in [1.29, 1.82) is 0 Å². The number of hydrogen-bond donors (Lipinski definition) is 1. The van der Waals surface area contributed by atoms with Crippen LogP contribution in [0.2, 0.25) is 0 Å². The average molecular weight is 261 g/mol. The molecular weight excluding hydrogens is 242 g/mol. The molecular formula is C15H19NO3. The third kappa shape index (κ3) is 3.01. The van der Waals surface area contributed by atoms with Crippen molar-refractivity contribution in [3.05, 3.63) is 35.9 Å². The van der Waals surface area contributed by atoms with Gasteiger partial charge in [-0.3, -0.25) is 14.5 Å². The summed E-state index contributed by atoms with van der Waals surface area (Å²) >= 11 is 0. The van der Waals surface area contributed by atoms with Crippen molar-refractivity contribution in [3.63, 3.8) is 0 Å². The Hall–Kier alpha value is -1.68. The van der Waals surface area contributed by atoms with Crippen molar-refractivity contribution in [2.24, 2.45) is 5.92 Å². The van der Waals surface area contributed by atoms with Crippen LogP contribution >= 0.6 is 0 Å². The molecule has 0 saturated carbocycles. The number of rotatable bonds is 5. The van der Waals surface area contributed by atoms with Gasteiger partial charge in [0.15, 0.2) is 5.78 Å². The molecule has 0 bridgehead atoms. The Balaban J connectivity index is 2.26. The quantitative estimate of drug-likeness (QED) is 0.824. The molecule has 4 heteroatoms. The molecule has 19 heavy (non-hydrogen) atoms. The maximum absolute atomic E-state index is 12.6.